The van der Waals surface area contributed by atoms with Gasteiger partial charge in [-0.1, -0.05) is 6.07 Å². The first kappa shape index (κ1) is 18.5. The predicted molar refractivity (Wildman–Crippen MR) is 101 cm³/mol. The number of hydrogen-bond donors (Lipinski definition) is 2. The van der Waals surface area contributed by atoms with Gasteiger partial charge in [0.1, 0.15) is 11.4 Å². The van der Waals surface area contributed by atoms with Crippen LogP contribution in [0.5, 0.6) is 5.88 Å². The number of allylic oxidation sites excluding steroid dienone is 1. The smallest absolute Gasteiger partial charge is 0.261 e. The standard InChI is InChI=1S/C19H20FN5O2/c1-19(2)8-11-7-13(16(20)25-18(11)27-19)17(26)24-15-6-4-5-14(23-15)12(9-21)10-22-3/h4-7,9-10H,8,21H2,1-3H3,(H,23,24,26). The SMILES string of the molecule is CN=CC(=CN)c1cccc(NC(=O)c2cc3c(nc2F)OC(C)(C)C3)n1. The van der Waals surface area contributed by atoms with Crippen LogP contribution in [0.15, 0.2) is 35.5 Å². The van der Waals surface area contributed by atoms with Crippen LogP contribution in [0.4, 0.5) is 10.2 Å². The van der Waals surface area contributed by atoms with Crippen molar-refractivity contribution in [2.24, 2.45) is 10.7 Å². The number of pyridine rings is 2. The van der Waals surface area contributed by atoms with Crippen LogP contribution in [0.1, 0.15) is 35.5 Å². The minimum Gasteiger partial charge on any atom is -0.471 e. The zero-order valence-corrected chi connectivity index (χ0v) is 15.3. The number of fused-ring (bicyclic) bond motifs is 1. The third-order valence-corrected chi connectivity index (χ3v) is 3.98. The van der Waals surface area contributed by atoms with Crippen molar-refractivity contribution in [2.75, 3.05) is 12.4 Å². The molecular weight excluding hydrogens is 349 g/mol. The van der Waals surface area contributed by atoms with E-state index in [0.29, 0.717) is 23.3 Å². The normalized spacial score (nSPS) is 15.5. The first-order valence-electron chi connectivity index (χ1n) is 8.34. The van der Waals surface area contributed by atoms with Gasteiger partial charge in [-0.3, -0.25) is 9.79 Å². The number of aromatic nitrogens is 2. The lowest BCUT2D eigenvalue weighted by Crippen LogP contribution is -2.24. The van der Waals surface area contributed by atoms with Gasteiger partial charge in [-0.05, 0) is 32.0 Å². The molecule has 1 aliphatic rings. The summed E-state index contributed by atoms with van der Waals surface area (Å²) in [6.07, 6.45) is 3.47. The van der Waals surface area contributed by atoms with E-state index in [1.54, 1.807) is 31.5 Å². The van der Waals surface area contributed by atoms with Crippen LogP contribution in [0.2, 0.25) is 0 Å². The molecule has 2 aromatic rings. The van der Waals surface area contributed by atoms with Crippen LogP contribution < -0.4 is 15.8 Å². The third-order valence-electron chi connectivity index (χ3n) is 3.98. The van der Waals surface area contributed by atoms with E-state index in [4.69, 9.17) is 10.5 Å². The number of nitrogens with zero attached hydrogens (tertiary/aromatic N) is 3. The van der Waals surface area contributed by atoms with Crippen molar-refractivity contribution < 1.29 is 13.9 Å². The van der Waals surface area contributed by atoms with Gasteiger partial charge < -0.3 is 15.8 Å². The van der Waals surface area contributed by atoms with Crippen molar-refractivity contribution in [3.8, 4) is 5.88 Å². The average Bonchev–Trinajstić information content (AvgIpc) is 2.91. The highest BCUT2D eigenvalue weighted by Gasteiger charge is 2.33. The highest BCUT2D eigenvalue weighted by molar-refractivity contribution is 6.09. The van der Waals surface area contributed by atoms with Crippen LogP contribution in [-0.2, 0) is 6.42 Å². The zero-order chi connectivity index (χ0) is 19.6. The number of rotatable bonds is 4. The molecule has 0 atom stereocenters. The molecular formula is C19H20FN5O2. The molecule has 0 aromatic carbocycles. The van der Waals surface area contributed by atoms with Crippen LogP contribution in [0.25, 0.3) is 5.57 Å². The fraction of sp³-hybridized carbons (Fsp3) is 0.263. The fourth-order valence-corrected chi connectivity index (χ4v) is 2.83. The number of ether oxygens (including phenoxy) is 1. The Labute approximate surface area is 156 Å². The molecule has 0 fully saturated rings. The molecule has 140 valence electrons. The van der Waals surface area contributed by atoms with Crippen molar-refractivity contribution >= 4 is 23.5 Å². The minimum atomic E-state index is -0.888. The Morgan fingerprint density at radius 1 is 1.41 bits per heavy atom. The van der Waals surface area contributed by atoms with E-state index in [-0.39, 0.29) is 17.3 Å². The number of hydrogen-bond acceptors (Lipinski definition) is 6. The summed E-state index contributed by atoms with van der Waals surface area (Å²) in [6, 6.07) is 6.51. The largest absolute Gasteiger partial charge is 0.471 e. The van der Waals surface area contributed by atoms with Gasteiger partial charge in [0.05, 0.1) is 11.3 Å². The molecule has 0 aliphatic carbocycles. The quantitative estimate of drug-likeness (QED) is 0.637. The summed E-state index contributed by atoms with van der Waals surface area (Å²) in [5.74, 6) is -1.04. The Hall–Kier alpha value is -3.29. The molecule has 1 aliphatic heterocycles. The Morgan fingerprint density at radius 2 is 2.19 bits per heavy atom. The molecule has 0 bridgehead atoms. The number of halogens is 1. The summed E-state index contributed by atoms with van der Waals surface area (Å²) in [6.45, 7) is 3.76. The number of carbonyl (C=O) groups excluding carboxylic acids is 1. The van der Waals surface area contributed by atoms with Crippen molar-refractivity contribution in [1.29, 1.82) is 0 Å². The lowest BCUT2D eigenvalue weighted by atomic mass is 10.0. The second-order valence-electron chi connectivity index (χ2n) is 6.70. The molecule has 7 nitrogen and oxygen atoms in total. The van der Waals surface area contributed by atoms with Crippen molar-refractivity contribution in [3.05, 3.63) is 53.2 Å². The Morgan fingerprint density at radius 3 is 2.89 bits per heavy atom. The fourth-order valence-electron chi connectivity index (χ4n) is 2.83. The zero-order valence-electron chi connectivity index (χ0n) is 15.3. The molecule has 27 heavy (non-hydrogen) atoms. The van der Waals surface area contributed by atoms with Crippen molar-refractivity contribution in [1.82, 2.24) is 9.97 Å². The van der Waals surface area contributed by atoms with Gasteiger partial charge in [-0.25, -0.2) is 4.98 Å². The van der Waals surface area contributed by atoms with E-state index in [2.05, 4.69) is 20.3 Å². The Bertz CT molecular complexity index is 953. The van der Waals surface area contributed by atoms with E-state index < -0.39 is 17.5 Å². The lowest BCUT2D eigenvalue weighted by molar-refractivity contribution is 0.102. The number of amides is 1. The molecule has 8 heteroatoms. The highest BCUT2D eigenvalue weighted by atomic mass is 19.1. The van der Waals surface area contributed by atoms with Gasteiger partial charge in [0.15, 0.2) is 0 Å². The number of nitrogens with one attached hydrogen (secondary N) is 1. The molecule has 3 rings (SSSR count). The van der Waals surface area contributed by atoms with Gasteiger partial charge >= 0.3 is 0 Å². The van der Waals surface area contributed by atoms with Gasteiger partial charge in [0.2, 0.25) is 11.8 Å². The van der Waals surface area contributed by atoms with E-state index in [9.17, 15) is 9.18 Å². The molecule has 3 N–H and O–H groups in total. The minimum absolute atomic E-state index is 0.160. The van der Waals surface area contributed by atoms with Crippen LogP contribution in [0, 0.1) is 5.95 Å². The van der Waals surface area contributed by atoms with Gasteiger partial charge in [0, 0.05) is 37.0 Å². The van der Waals surface area contributed by atoms with E-state index >= 15 is 0 Å². The summed E-state index contributed by atoms with van der Waals surface area (Å²) in [5, 5.41) is 2.59. The Balaban J connectivity index is 1.85. The maximum absolute atomic E-state index is 14.3. The first-order chi connectivity index (χ1) is 12.8. The van der Waals surface area contributed by atoms with E-state index in [0.717, 1.165) is 0 Å². The second kappa shape index (κ2) is 7.14. The summed E-state index contributed by atoms with van der Waals surface area (Å²) < 4.78 is 19.9. The lowest BCUT2D eigenvalue weighted by Gasteiger charge is -2.15. The molecule has 0 saturated heterocycles. The third kappa shape index (κ3) is 3.94. The Kier molecular flexibility index (Phi) is 4.89. The van der Waals surface area contributed by atoms with Crippen molar-refractivity contribution in [3.63, 3.8) is 0 Å². The maximum Gasteiger partial charge on any atom is 0.261 e. The van der Waals surface area contributed by atoms with Crippen LogP contribution in [0.3, 0.4) is 0 Å². The highest BCUT2D eigenvalue weighted by Crippen LogP contribution is 2.34. The predicted octanol–water partition coefficient (Wildman–Crippen LogP) is 2.58. The number of anilines is 1. The van der Waals surface area contributed by atoms with Crippen molar-refractivity contribution in [2.45, 2.75) is 25.9 Å². The molecule has 0 radical (unpaired) electrons. The van der Waals surface area contributed by atoms with E-state index in [1.165, 1.54) is 12.3 Å². The molecule has 2 aromatic heterocycles. The van der Waals surface area contributed by atoms with E-state index in [1.807, 2.05) is 13.8 Å². The first-order valence-corrected chi connectivity index (χ1v) is 8.34. The number of carbonyl (C=O) groups is 1. The average molecular weight is 369 g/mol. The van der Waals surface area contributed by atoms with Gasteiger partial charge in [-0.15, -0.1) is 0 Å². The second-order valence-corrected chi connectivity index (χ2v) is 6.70. The monoisotopic (exact) mass is 369 g/mol. The van der Waals surface area contributed by atoms with Crippen LogP contribution >= 0.6 is 0 Å². The van der Waals surface area contributed by atoms with Crippen LogP contribution in [-0.4, -0.2) is 34.7 Å². The molecule has 1 amide bonds. The molecule has 3 heterocycles. The maximum atomic E-state index is 14.3. The topological polar surface area (TPSA) is 102 Å². The van der Waals surface area contributed by atoms with Gasteiger partial charge in [0.25, 0.3) is 5.91 Å². The number of nitrogens with two attached hydrogens (primary N) is 1. The summed E-state index contributed by atoms with van der Waals surface area (Å²) in [5.41, 5.74) is 6.76. The summed E-state index contributed by atoms with van der Waals surface area (Å²) in [4.78, 5) is 24.5. The molecule has 0 spiro atoms. The van der Waals surface area contributed by atoms with Gasteiger partial charge in [-0.2, -0.15) is 9.37 Å². The summed E-state index contributed by atoms with van der Waals surface area (Å²) >= 11 is 0. The number of aliphatic imine (C=N–C) groups is 1. The molecule has 0 saturated carbocycles. The summed E-state index contributed by atoms with van der Waals surface area (Å²) in [7, 11) is 1.61. The molecule has 0 unspecified atom stereocenters.